The number of benzene rings is 2. The molecule has 0 radical (unpaired) electrons. The smallest absolute Gasteiger partial charge is 0.261 e. The number of hydrogen-bond acceptors (Lipinski definition) is 5. The Balaban J connectivity index is 1.61. The second-order valence-electron chi connectivity index (χ2n) is 6.39. The van der Waals surface area contributed by atoms with Crippen molar-refractivity contribution in [2.24, 2.45) is 0 Å². The zero-order valence-corrected chi connectivity index (χ0v) is 16.2. The quantitative estimate of drug-likeness (QED) is 0.682. The lowest BCUT2D eigenvalue weighted by Gasteiger charge is -2.17. The van der Waals surface area contributed by atoms with Crippen LogP contribution in [-0.2, 0) is 11.3 Å². The lowest BCUT2D eigenvalue weighted by atomic mass is 10.1. The van der Waals surface area contributed by atoms with Gasteiger partial charge in [0.2, 0.25) is 0 Å². The maximum atomic E-state index is 12.4. The first-order valence-corrected chi connectivity index (χ1v) is 9.02. The van der Waals surface area contributed by atoms with E-state index in [1.165, 1.54) is 6.33 Å². The summed E-state index contributed by atoms with van der Waals surface area (Å²) in [7, 11) is 1.58. The van der Waals surface area contributed by atoms with Gasteiger partial charge in [0, 0.05) is 5.56 Å². The van der Waals surface area contributed by atoms with E-state index in [1.54, 1.807) is 20.1 Å². The molecule has 144 valence electrons. The zero-order chi connectivity index (χ0) is 19.9. The molecule has 0 aliphatic heterocycles. The van der Waals surface area contributed by atoms with Crippen LogP contribution < -0.4 is 14.8 Å². The Bertz CT molecular complexity index is 945. The van der Waals surface area contributed by atoms with Crippen molar-refractivity contribution in [2.75, 3.05) is 7.11 Å². The highest BCUT2D eigenvalue weighted by Gasteiger charge is 2.17. The number of hydrogen-bond donors (Lipinski definition) is 1. The summed E-state index contributed by atoms with van der Waals surface area (Å²) in [6, 6.07) is 17.3. The molecule has 6 nitrogen and oxygen atoms in total. The van der Waals surface area contributed by atoms with E-state index in [0.717, 1.165) is 22.5 Å². The Morgan fingerprint density at radius 2 is 1.86 bits per heavy atom. The molecule has 1 atom stereocenters. The minimum Gasteiger partial charge on any atom is -0.493 e. The summed E-state index contributed by atoms with van der Waals surface area (Å²) in [6.45, 7) is 3.96. The summed E-state index contributed by atoms with van der Waals surface area (Å²) in [4.78, 5) is 20.9. The van der Waals surface area contributed by atoms with Crippen molar-refractivity contribution in [1.82, 2.24) is 15.3 Å². The summed E-state index contributed by atoms with van der Waals surface area (Å²) in [5.74, 6) is 0.898. The molecule has 0 spiro atoms. The third kappa shape index (κ3) is 4.85. The summed E-state index contributed by atoms with van der Waals surface area (Å²) in [5.41, 5.74) is 3.59. The molecule has 0 saturated heterocycles. The SMILES string of the molecule is COc1cc(C)ccc1OC(C)C(=O)NCc1cc(-c2ccccc2)ncn1. The molecule has 3 aromatic rings. The first-order valence-electron chi connectivity index (χ1n) is 9.02. The first kappa shape index (κ1) is 19.4. The lowest BCUT2D eigenvalue weighted by Crippen LogP contribution is -2.36. The Hall–Kier alpha value is -3.41. The van der Waals surface area contributed by atoms with E-state index in [1.807, 2.05) is 55.5 Å². The first-order chi connectivity index (χ1) is 13.6. The number of rotatable bonds is 7. The van der Waals surface area contributed by atoms with Gasteiger partial charge in [-0.3, -0.25) is 4.79 Å². The van der Waals surface area contributed by atoms with E-state index in [4.69, 9.17) is 9.47 Å². The molecule has 6 heteroatoms. The zero-order valence-electron chi connectivity index (χ0n) is 16.2. The summed E-state index contributed by atoms with van der Waals surface area (Å²) >= 11 is 0. The van der Waals surface area contributed by atoms with Gasteiger partial charge in [-0.25, -0.2) is 9.97 Å². The molecule has 1 aromatic heterocycles. The Morgan fingerprint density at radius 1 is 1.07 bits per heavy atom. The van der Waals surface area contributed by atoms with Crippen LogP contribution in [0.15, 0.2) is 60.9 Å². The minimum absolute atomic E-state index is 0.234. The molecular formula is C22H23N3O3. The fourth-order valence-corrected chi connectivity index (χ4v) is 2.70. The highest BCUT2D eigenvalue weighted by molar-refractivity contribution is 5.80. The van der Waals surface area contributed by atoms with Crippen LogP contribution in [-0.4, -0.2) is 29.1 Å². The van der Waals surface area contributed by atoms with Crippen molar-refractivity contribution in [1.29, 1.82) is 0 Å². The van der Waals surface area contributed by atoms with Gasteiger partial charge >= 0.3 is 0 Å². The largest absolute Gasteiger partial charge is 0.493 e. The molecule has 0 aliphatic carbocycles. The molecule has 0 aliphatic rings. The van der Waals surface area contributed by atoms with Crippen LogP contribution in [0.2, 0.25) is 0 Å². The van der Waals surface area contributed by atoms with Gasteiger partial charge in [-0.05, 0) is 37.6 Å². The van der Waals surface area contributed by atoms with E-state index in [9.17, 15) is 4.79 Å². The Morgan fingerprint density at radius 3 is 2.61 bits per heavy atom. The molecule has 0 saturated carbocycles. The van der Waals surface area contributed by atoms with Crippen molar-refractivity contribution in [3.8, 4) is 22.8 Å². The number of aryl methyl sites for hydroxylation is 1. The maximum Gasteiger partial charge on any atom is 0.261 e. The molecule has 0 bridgehead atoms. The monoisotopic (exact) mass is 377 g/mol. The predicted octanol–water partition coefficient (Wildman–Crippen LogP) is 3.54. The predicted molar refractivity (Wildman–Crippen MR) is 107 cm³/mol. The number of nitrogens with one attached hydrogen (secondary N) is 1. The van der Waals surface area contributed by atoms with E-state index in [0.29, 0.717) is 18.0 Å². The highest BCUT2D eigenvalue weighted by atomic mass is 16.5. The van der Waals surface area contributed by atoms with Gasteiger partial charge in [-0.2, -0.15) is 0 Å². The Kier molecular flexibility index (Phi) is 6.22. The van der Waals surface area contributed by atoms with Crippen molar-refractivity contribution in [3.05, 3.63) is 72.2 Å². The van der Waals surface area contributed by atoms with Crippen LogP contribution in [0, 0.1) is 6.92 Å². The molecule has 0 fully saturated rings. The average Bonchev–Trinajstić information content (AvgIpc) is 2.74. The molecule has 1 unspecified atom stereocenters. The van der Waals surface area contributed by atoms with Crippen LogP contribution in [0.1, 0.15) is 18.2 Å². The highest BCUT2D eigenvalue weighted by Crippen LogP contribution is 2.28. The van der Waals surface area contributed by atoms with Gasteiger partial charge in [0.15, 0.2) is 17.6 Å². The molecule has 2 aromatic carbocycles. The molecule has 1 amide bonds. The van der Waals surface area contributed by atoms with Gasteiger partial charge in [0.1, 0.15) is 6.33 Å². The molecular weight excluding hydrogens is 354 g/mol. The number of carbonyl (C=O) groups is 1. The van der Waals surface area contributed by atoms with Crippen molar-refractivity contribution in [3.63, 3.8) is 0 Å². The van der Waals surface area contributed by atoms with Crippen LogP contribution in [0.3, 0.4) is 0 Å². The molecule has 3 rings (SSSR count). The van der Waals surface area contributed by atoms with E-state index in [-0.39, 0.29) is 5.91 Å². The summed E-state index contributed by atoms with van der Waals surface area (Å²) in [6.07, 6.45) is 0.827. The molecule has 28 heavy (non-hydrogen) atoms. The summed E-state index contributed by atoms with van der Waals surface area (Å²) < 4.78 is 11.1. The van der Waals surface area contributed by atoms with Crippen LogP contribution >= 0.6 is 0 Å². The van der Waals surface area contributed by atoms with Crippen molar-refractivity contribution >= 4 is 5.91 Å². The van der Waals surface area contributed by atoms with Gasteiger partial charge in [-0.15, -0.1) is 0 Å². The minimum atomic E-state index is -0.674. The van der Waals surface area contributed by atoms with E-state index < -0.39 is 6.10 Å². The van der Waals surface area contributed by atoms with Crippen LogP contribution in [0.25, 0.3) is 11.3 Å². The molecule has 1 heterocycles. The second-order valence-corrected chi connectivity index (χ2v) is 6.39. The second kappa shape index (κ2) is 8.99. The maximum absolute atomic E-state index is 12.4. The van der Waals surface area contributed by atoms with Crippen molar-refractivity contribution in [2.45, 2.75) is 26.5 Å². The fourth-order valence-electron chi connectivity index (χ4n) is 2.70. The lowest BCUT2D eigenvalue weighted by molar-refractivity contribution is -0.127. The number of methoxy groups -OCH3 is 1. The van der Waals surface area contributed by atoms with E-state index in [2.05, 4.69) is 15.3 Å². The summed E-state index contributed by atoms with van der Waals surface area (Å²) in [5, 5.41) is 2.85. The topological polar surface area (TPSA) is 73.3 Å². The van der Waals surface area contributed by atoms with Gasteiger partial charge < -0.3 is 14.8 Å². The van der Waals surface area contributed by atoms with Crippen LogP contribution in [0.5, 0.6) is 11.5 Å². The number of carbonyl (C=O) groups excluding carboxylic acids is 1. The van der Waals surface area contributed by atoms with Gasteiger partial charge in [-0.1, -0.05) is 36.4 Å². The van der Waals surface area contributed by atoms with Gasteiger partial charge in [0.25, 0.3) is 5.91 Å². The standard InChI is InChI=1S/C22H23N3O3/c1-15-9-10-20(21(11-15)27-3)28-16(2)22(26)23-13-18-12-19(25-14-24-18)17-7-5-4-6-8-17/h4-12,14,16H,13H2,1-3H3,(H,23,26). The fraction of sp³-hybridized carbons (Fsp3) is 0.227. The molecule has 1 N–H and O–H groups in total. The third-order valence-electron chi connectivity index (χ3n) is 4.23. The van der Waals surface area contributed by atoms with E-state index >= 15 is 0 Å². The number of ether oxygens (including phenoxy) is 2. The average molecular weight is 377 g/mol. The van der Waals surface area contributed by atoms with Crippen LogP contribution in [0.4, 0.5) is 0 Å². The number of nitrogens with zero attached hydrogens (tertiary/aromatic N) is 2. The number of aromatic nitrogens is 2. The van der Waals surface area contributed by atoms with Gasteiger partial charge in [0.05, 0.1) is 25.0 Å². The van der Waals surface area contributed by atoms with Crippen molar-refractivity contribution < 1.29 is 14.3 Å². The number of amides is 1. The normalized spacial score (nSPS) is 11.5. The third-order valence-corrected chi connectivity index (χ3v) is 4.23. The Labute approximate surface area is 164 Å².